The maximum absolute atomic E-state index is 6.35. The van der Waals surface area contributed by atoms with Crippen molar-refractivity contribution in [3.8, 4) is 0 Å². The van der Waals surface area contributed by atoms with Crippen LogP contribution in [0.25, 0.3) is 0 Å². The number of aryl methyl sites for hydroxylation is 1. The van der Waals surface area contributed by atoms with Gasteiger partial charge in [-0.05, 0) is 40.1 Å². The molecule has 19 heavy (non-hydrogen) atoms. The Morgan fingerprint density at radius 3 is 2.37 bits per heavy atom. The summed E-state index contributed by atoms with van der Waals surface area (Å²) in [4.78, 5) is 4.59. The Bertz CT molecular complexity index is 376. The highest BCUT2D eigenvalue weighted by molar-refractivity contribution is 5.26. The highest BCUT2D eigenvalue weighted by Crippen LogP contribution is 2.24. The minimum absolute atomic E-state index is 0.175. The van der Waals surface area contributed by atoms with E-state index in [0.717, 1.165) is 19.5 Å². The van der Waals surface area contributed by atoms with Gasteiger partial charge in [0.25, 0.3) is 0 Å². The average molecular weight is 263 g/mol. The Kier molecular flexibility index (Phi) is 6.49. The van der Waals surface area contributed by atoms with Gasteiger partial charge in [0.1, 0.15) is 0 Å². The molecule has 3 heteroatoms. The van der Waals surface area contributed by atoms with Gasteiger partial charge in [0.05, 0.1) is 0 Å². The average Bonchev–Trinajstić information content (AvgIpc) is 2.36. The molecule has 3 nitrogen and oxygen atoms in total. The van der Waals surface area contributed by atoms with E-state index in [4.69, 9.17) is 5.73 Å². The molecule has 0 aliphatic rings. The van der Waals surface area contributed by atoms with E-state index in [2.05, 4.69) is 69.1 Å². The number of benzene rings is 1. The highest BCUT2D eigenvalue weighted by atomic mass is 15.2. The lowest BCUT2D eigenvalue weighted by Gasteiger charge is -2.33. The fourth-order valence-electron chi connectivity index (χ4n) is 2.40. The van der Waals surface area contributed by atoms with Gasteiger partial charge in [0.15, 0.2) is 0 Å². The van der Waals surface area contributed by atoms with Crippen LogP contribution in [-0.4, -0.2) is 50.1 Å². The summed E-state index contributed by atoms with van der Waals surface area (Å²) in [6.45, 7) is 6.37. The van der Waals surface area contributed by atoms with Crippen LogP contribution in [0, 0.1) is 6.92 Å². The van der Waals surface area contributed by atoms with E-state index in [1.54, 1.807) is 0 Å². The molecule has 0 aliphatic carbocycles. The quantitative estimate of drug-likeness (QED) is 0.819. The molecule has 1 aromatic carbocycles. The summed E-state index contributed by atoms with van der Waals surface area (Å²) < 4.78 is 0. The van der Waals surface area contributed by atoms with Gasteiger partial charge in [-0.2, -0.15) is 0 Å². The van der Waals surface area contributed by atoms with Crippen molar-refractivity contribution in [3.63, 3.8) is 0 Å². The molecule has 2 N–H and O–H groups in total. The SMILES string of the molecule is CCC(N)C(c1cccc(C)c1)N(C)CCN(C)C. The van der Waals surface area contributed by atoms with Crippen LogP contribution in [-0.2, 0) is 0 Å². The smallest absolute Gasteiger partial charge is 0.0496 e. The topological polar surface area (TPSA) is 32.5 Å². The largest absolute Gasteiger partial charge is 0.326 e. The molecule has 0 saturated heterocycles. The van der Waals surface area contributed by atoms with Crippen molar-refractivity contribution in [3.05, 3.63) is 35.4 Å². The maximum Gasteiger partial charge on any atom is 0.0496 e. The summed E-state index contributed by atoms with van der Waals surface area (Å²) in [7, 11) is 6.39. The second kappa shape index (κ2) is 7.63. The zero-order chi connectivity index (χ0) is 14.4. The van der Waals surface area contributed by atoms with E-state index in [-0.39, 0.29) is 6.04 Å². The number of nitrogens with zero attached hydrogens (tertiary/aromatic N) is 2. The van der Waals surface area contributed by atoms with Crippen molar-refractivity contribution in [2.45, 2.75) is 32.4 Å². The van der Waals surface area contributed by atoms with E-state index in [1.807, 2.05) is 0 Å². The fraction of sp³-hybridized carbons (Fsp3) is 0.625. The third kappa shape index (κ3) is 4.94. The van der Waals surface area contributed by atoms with E-state index in [9.17, 15) is 0 Å². The number of hydrogen-bond acceptors (Lipinski definition) is 3. The molecule has 108 valence electrons. The summed E-state index contributed by atoms with van der Waals surface area (Å²) in [5.74, 6) is 0. The van der Waals surface area contributed by atoms with Crippen LogP contribution in [0.15, 0.2) is 24.3 Å². The molecule has 2 unspecified atom stereocenters. The molecule has 0 aliphatic heterocycles. The first-order valence-corrected chi connectivity index (χ1v) is 7.12. The Morgan fingerprint density at radius 2 is 1.84 bits per heavy atom. The number of hydrogen-bond donors (Lipinski definition) is 1. The molecule has 0 aromatic heterocycles. The highest BCUT2D eigenvalue weighted by Gasteiger charge is 2.22. The van der Waals surface area contributed by atoms with Gasteiger partial charge in [0, 0.05) is 25.2 Å². The fourth-order valence-corrected chi connectivity index (χ4v) is 2.40. The van der Waals surface area contributed by atoms with Crippen LogP contribution in [0.3, 0.4) is 0 Å². The molecular formula is C16H29N3. The molecule has 0 heterocycles. The van der Waals surface area contributed by atoms with Crippen LogP contribution >= 0.6 is 0 Å². The molecule has 0 amide bonds. The second-order valence-corrected chi connectivity index (χ2v) is 5.71. The molecule has 0 radical (unpaired) electrons. The third-order valence-electron chi connectivity index (χ3n) is 3.64. The first-order chi connectivity index (χ1) is 8.95. The van der Waals surface area contributed by atoms with Crippen molar-refractivity contribution in [2.75, 3.05) is 34.2 Å². The number of nitrogens with two attached hydrogens (primary N) is 1. The first kappa shape index (κ1) is 16.2. The predicted molar refractivity (Wildman–Crippen MR) is 83.4 cm³/mol. The zero-order valence-electron chi connectivity index (χ0n) is 13.1. The lowest BCUT2D eigenvalue weighted by atomic mass is 9.95. The van der Waals surface area contributed by atoms with E-state index < -0.39 is 0 Å². The van der Waals surface area contributed by atoms with Crippen molar-refractivity contribution >= 4 is 0 Å². The van der Waals surface area contributed by atoms with Gasteiger partial charge < -0.3 is 10.6 Å². The van der Waals surface area contributed by atoms with Crippen molar-refractivity contribution in [2.24, 2.45) is 5.73 Å². The molecule has 0 bridgehead atoms. The number of likely N-dealkylation sites (N-methyl/N-ethyl adjacent to an activating group) is 2. The Hall–Kier alpha value is -0.900. The van der Waals surface area contributed by atoms with E-state index in [1.165, 1.54) is 11.1 Å². The molecule has 1 rings (SSSR count). The minimum Gasteiger partial charge on any atom is -0.326 e. The molecule has 0 saturated carbocycles. The lowest BCUT2D eigenvalue weighted by Crippen LogP contribution is -2.41. The van der Waals surface area contributed by atoms with Gasteiger partial charge in [-0.15, -0.1) is 0 Å². The minimum atomic E-state index is 0.175. The molecule has 2 atom stereocenters. The summed E-state index contributed by atoms with van der Waals surface area (Å²) in [5.41, 5.74) is 8.98. The zero-order valence-corrected chi connectivity index (χ0v) is 13.1. The van der Waals surface area contributed by atoms with Crippen molar-refractivity contribution < 1.29 is 0 Å². The standard InChI is InChI=1S/C16H29N3/c1-6-15(17)16(19(5)11-10-18(3)4)14-9-7-8-13(2)12-14/h7-9,12,15-16H,6,10-11,17H2,1-5H3. The van der Waals surface area contributed by atoms with Crippen LogP contribution in [0.1, 0.15) is 30.5 Å². The number of rotatable bonds is 7. The molecule has 0 fully saturated rings. The summed E-state index contributed by atoms with van der Waals surface area (Å²) >= 11 is 0. The van der Waals surface area contributed by atoms with E-state index in [0.29, 0.717) is 6.04 Å². The first-order valence-electron chi connectivity index (χ1n) is 7.12. The van der Waals surface area contributed by atoms with Gasteiger partial charge in [-0.3, -0.25) is 4.90 Å². The molecule has 1 aromatic rings. The maximum atomic E-state index is 6.35. The molecular weight excluding hydrogens is 234 g/mol. The Balaban J connectivity index is 2.88. The normalized spacial score (nSPS) is 14.9. The van der Waals surface area contributed by atoms with Crippen LogP contribution < -0.4 is 5.73 Å². The Labute approximate surface area is 118 Å². The van der Waals surface area contributed by atoms with Gasteiger partial charge in [-0.25, -0.2) is 0 Å². The third-order valence-corrected chi connectivity index (χ3v) is 3.64. The summed E-state index contributed by atoms with van der Waals surface area (Å²) in [6.07, 6.45) is 0.991. The van der Waals surface area contributed by atoms with Crippen LogP contribution in [0.2, 0.25) is 0 Å². The lowest BCUT2D eigenvalue weighted by molar-refractivity contribution is 0.191. The van der Waals surface area contributed by atoms with Gasteiger partial charge >= 0.3 is 0 Å². The summed E-state index contributed by atoms with van der Waals surface area (Å²) in [5, 5.41) is 0. The Morgan fingerprint density at radius 1 is 1.16 bits per heavy atom. The van der Waals surface area contributed by atoms with Crippen molar-refractivity contribution in [1.82, 2.24) is 9.80 Å². The predicted octanol–water partition coefficient (Wildman–Crippen LogP) is 2.27. The second-order valence-electron chi connectivity index (χ2n) is 5.71. The van der Waals surface area contributed by atoms with Gasteiger partial charge in [0.2, 0.25) is 0 Å². The molecule has 0 spiro atoms. The summed E-state index contributed by atoms with van der Waals surface area (Å²) in [6, 6.07) is 9.18. The monoisotopic (exact) mass is 263 g/mol. The van der Waals surface area contributed by atoms with E-state index >= 15 is 0 Å². The van der Waals surface area contributed by atoms with Crippen molar-refractivity contribution in [1.29, 1.82) is 0 Å². The van der Waals surface area contributed by atoms with Crippen LogP contribution in [0.5, 0.6) is 0 Å². The van der Waals surface area contributed by atoms with Gasteiger partial charge in [-0.1, -0.05) is 36.8 Å². The van der Waals surface area contributed by atoms with Crippen LogP contribution in [0.4, 0.5) is 0 Å².